The summed E-state index contributed by atoms with van der Waals surface area (Å²) >= 11 is 0. The summed E-state index contributed by atoms with van der Waals surface area (Å²) in [5, 5.41) is 0. The zero-order valence-corrected chi connectivity index (χ0v) is 8.66. The topological polar surface area (TPSA) is 26.0 Å². The number of rotatable bonds is 4. The predicted molar refractivity (Wildman–Crippen MR) is 59.6 cm³/mol. The predicted octanol–water partition coefficient (Wildman–Crippen LogP) is 3.54. The van der Waals surface area contributed by atoms with Crippen molar-refractivity contribution in [1.82, 2.24) is 4.98 Å². The average molecular weight is 189 g/mol. The Labute approximate surface area is 84.7 Å². The van der Waals surface area contributed by atoms with Crippen LogP contribution in [-0.2, 0) is 0 Å². The minimum Gasteiger partial charge on any atom is -0.444 e. The molecule has 0 saturated carbocycles. The molecule has 14 heavy (non-hydrogen) atoms. The Morgan fingerprint density at radius 2 is 2.21 bits per heavy atom. The van der Waals surface area contributed by atoms with E-state index in [1.807, 2.05) is 12.2 Å². The Balaban J connectivity index is 3.05. The smallest absolute Gasteiger partial charge is 0.181 e. The zero-order chi connectivity index (χ0) is 10.6. The normalized spacial score (nSPS) is 11.8. The molecule has 1 aromatic rings. The Morgan fingerprint density at radius 3 is 2.71 bits per heavy atom. The summed E-state index contributed by atoms with van der Waals surface area (Å²) in [6.07, 6.45) is 6.88. The molecular weight excluding hydrogens is 174 g/mol. The van der Waals surface area contributed by atoms with Gasteiger partial charge in [0.05, 0.1) is 0 Å². The lowest BCUT2D eigenvalue weighted by Gasteiger charge is -2.04. The molecule has 2 nitrogen and oxygen atoms in total. The van der Waals surface area contributed by atoms with E-state index in [2.05, 4.69) is 32.0 Å². The highest BCUT2D eigenvalue weighted by Gasteiger charge is 2.04. The molecular formula is C12H15NO. The van der Waals surface area contributed by atoms with Crippen LogP contribution in [0.2, 0.25) is 0 Å². The van der Waals surface area contributed by atoms with Crippen molar-refractivity contribution < 1.29 is 4.42 Å². The van der Waals surface area contributed by atoms with Crippen molar-refractivity contribution in [3.05, 3.63) is 42.7 Å². The molecule has 0 N–H and O–H groups in total. The number of oxazole rings is 1. The Morgan fingerprint density at radius 1 is 1.50 bits per heavy atom. The van der Waals surface area contributed by atoms with Crippen LogP contribution in [0.15, 0.2) is 35.6 Å². The van der Waals surface area contributed by atoms with Gasteiger partial charge in [0.1, 0.15) is 5.69 Å². The molecule has 1 heterocycles. The summed E-state index contributed by atoms with van der Waals surface area (Å²) in [6, 6.07) is 0. The van der Waals surface area contributed by atoms with Crippen molar-refractivity contribution in [2.24, 2.45) is 5.92 Å². The van der Waals surface area contributed by atoms with Crippen LogP contribution in [0.4, 0.5) is 0 Å². The van der Waals surface area contributed by atoms with Gasteiger partial charge in [-0.2, -0.15) is 0 Å². The second-order valence-corrected chi connectivity index (χ2v) is 3.31. The highest BCUT2D eigenvalue weighted by Crippen LogP contribution is 2.17. The fraction of sp³-hybridized carbons (Fsp3) is 0.250. The van der Waals surface area contributed by atoms with Crippen molar-refractivity contribution in [3.63, 3.8) is 0 Å². The molecule has 0 aliphatic rings. The summed E-state index contributed by atoms with van der Waals surface area (Å²) in [5.41, 5.74) is 1.95. The maximum Gasteiger partial charge on any atom is 0.181 e. The molecule has 2 heteroatoms. The Bertz CT molecular complexity index is 358. The number of nitrogens with zero attached hydrogens (tertiary/aromatic N) is 1. The molecule has 0 aromatic carbocycles. The summed E-state index contributed by atoms with van der Waals surface area (Å²) in [6.45, 7) is 11.6. The van der Waals surface area contributed by atoms with E-state index in [1.54, 1.807) is 6.08 Å². The lowest BCUT2D eigenvalue weighted by Crippen LogP contribution is -1.90. The lowest BCUT2D eigenvalue weighted by molar-refractivity contribution is 0.548. The number of hydrogen-bond donors (Lipinski definition) is 0. The van der Waals surface area contributed by atoms with Gasteiger partial charge < -0.3 is 4.42 Å². The SMILES string of the molecule is C=C/C(=C\c1ncoc1C=C)C(C)C. The second-order valence-electron chi connectivity index (χ2n) is 3.31. The van der Waals surface area contributed by atoms with Gasteiger partial charge in [0.15, 0.2) is 12.2 Å². The largest absolute Gasteiger partial charge is 0.444 e. The summed E-state index contributed by atoms with van der Waals surface area (Å²) in [7, 11) is 0. The van der Waals surface area contributed by atoms with E-state index < -0.39 is 0 Å². The van der Waals surface area contributed by atoms with Crippen LogP contribution >= 0.6 is 0 Å². The third-order valence-corrected chi connectivity index (χ3v) is 2.02. The first kappa shape index (κ1) is 10.5. The van der Waals surface area contributed by atoms with Crippen molar-refractivity contribution >= 4 is 12.2 Å². The van der Waals surface area contributed by atoms with E-state index in [-0.39, 0.29) is 0 Å². The summed E-state index contributed by atoms with van der Waals surface area (Å²) in [4.78, 5) is 4.10. The van der Waals surface area contributed by atoms with Gasteiger partial charge >= 0.3 is 0 Å². The first-order valence-electron chi connectivity index (χ1n) is 4.59. The zero-order valence-electron chi connectivity index (χ0n) is 8.66. The third kappa shape index (κ3) is 2.22. The third-order valence-electron chi connectivity index (χ3n) is 2.02. The van der Waals surface area contributed by atoms with Crippen LogP contribution in [0.5, 0.6) is 0 Å². The van der Waals surface area contributed by atoms with Crippen LogP contribution < -0.4 is 0 Å². The number of aromatic nitrogens is 1. The summed E-state index contributed by atoms with van der Waals surface area (Å²) < 4.78 is 5.13. The van der Waals surface area contributed by atoms with Crippen molar-refractivity contribution in [2.75, 3.05) is 0 Å². The van der Waals surface area contributed by atoms with E-state index in [0.717, 1.165) is 11.3 Å². The van der Waals surface area contributed by atoms with Crippen LogP contribution in [0.25, 0.3) is 12.2 Å². The molecule has 0 atom stereocenters. The molecule has 0 fully saturated rings. The minimum atomic E-state index is 0.432. The molecule has 0 aliphatic heterocycles. The van der Waals surface area contributed by atoms with Gasteiger partial charge in [-0.25, -0.2) is 4.98 Å². The Kier molecular flexibility index (Phi) is 3.46. The fourth-order valence-electron chi connectivity index (χ4n) is 1.14. The maximum absolute atomic E-state index is 5.13. The van der Waals surface area contributed by atoms with E-state index in [9.17, 15) is 0 Å². The summed E-state index contributed by atoms with van der Waals surface area (Å²) in [5.74, 6) is 1.13. The van der Waals surface area contributed by atoms with E-state index in [0.29, 0.717) is 11.7 Å². The van der Waals surface area contributed by atoms with Gasteiger partial charge in [0, 0.05) is 0 Å². The monoisotopic (exact) mass is 189 g/mol. The number of hydrogen-bond acceptors (Lipinski definition) is 2. The average Bonchev–Trinajstić information content (AvgIpc) is 2.60. The molecule has 0 saturated heterocycles. The van der Waals surface area contributed by atoms with Crippen LogP contribution in [0.3, 0.4) is 0 Å². The van der Waals surface area contributed by atoms with Crippen LogP contribution in [-0.4, -0.2) is 4.98 Å². The van der Waals surface area contributed by atoms with E-state index in [4.69, 9.17) is 4.42 Å². The Hall–Kier alpha value is -1.57. The molecule has 0 spiro atoms. The first-order valence-corrected chi connectivity index (χ1v) is 4.59. The first-order chi connectivity index (χ1) is 6.69. The van der Waals surface area contributed by atoms with Gasteiger partial charge in [-0.05, 0) is 23.6 Å². The van der Waals surface area contributed by atoms with Gasteiger partial charge in [0.25, 0.3) is 0 Å². The van der Waals surface area contributed by atoms with Gasteiger partial charge in [-0.3, -0.25) is 0 Å². The quantitative estimate of drug-likeness (QED) is 0.677. The molecule has 1 aromatic heterocycles. The molecule has 74 valence electrons. The highest BCUT2D eigenvalue weighted by atomic mass is 16.3. The minimum absolute atomic E-state index is 0.432. The van der Waals surface area contributed by atoms with E-state index >= 15 is 0 Å². The second kappa shape index (κ2) is 4.61. The number of allylic oxidation sites excluding steroid dienone is 2. The van der Waals surface area contributed by atoms with Crippen molar-refractivity contribution in [1.29, 1.82) is 0 Å². The highest BCUT2D eigenvalue weighted by molar-refractivity contribution is 5.60. The van der Waals surface area contributed by atoms with Crippen molar-refractivity contribution in [3.8, 4) is 0 Å². The molecule has 0 unspecified atom stereocenters. The van der Waals surface area contributed by atoms with Crippen LogP contribution in [0, 0.1) is 5.92 Å². The van der Waals surface area contributed by atoms with Gasteiger partial charge in [0.2, 0.25) is 0 Å². The van der Waals surface area contributed by atoms with Gasteiger partial charge in [-0.15, -0.1) is 0 Å². The molecule has 1 rings (SSSR count). The van der Waals surface area contributed by atoms with E-state index in [1.165, 1.54) is 6.39 Å². The molecule has 0 amide bonds. The standard InChI is InChI=1S/C12H15NO/c1-5-10(9(3)4)7-11-12(6-2)14-8-13-11/h5-9H,1-2H2,3-4H3/b10-7+. The van der Waals surface area contributed by atoms with Crippen molar-refractivity contribution in [2.45, 2.75) is 13.8 Å². The molecule has 0 aliphatic carbocycles. The fourth-order valence-corrected chi connectivity index (χ4v) is 1.14. The molecule has 0 bridgehead atoms. The lowest BCUT2D eigenvalue weighted by atomic mass is 10.0. The maximum atomic E-state index is 5.13. The molecule has 0 radical (unpaired) electrons. The van der Waals surface area contributed by atoms with Gasteiger partial charge in [-0.1, -0.05) is 33.1 Å². The van der Waals surface area contributed by atoms with Crippen LogP contribution in [0.1, 0.15) is 25.3 Å².